The monoisotopic (exact) mass is 513 g/mol. The summed E-state index contributed by atoms with van der Waals surface area (Å²) in [4.78, 5) is 30.1. The molecule has 0 saturated carbocycles. The molecule has 1 aromatic heterocycles. The number of hydrogen-bond donors (Lipinski definition) is 0. The van der Waals surface area contributed by atoms with Crippen molar-refractivity contribution in [2.45, 2.75) is 22.8 Å². The lowest BCUT2D eigenvalue weighted by atomic mass is 10.1. The van der Waals surface area contributed by atoms with Crippen LogP contribution in [0.1, 0.15) is 28.9 Å². The van der Waals surface area contributed by atoms with Gasteiger partial charge in [-0.1, -0.05) is 42.1 Å². The molecular weight excluding hydrogens is 495 g/mol. The molecule has 0 N–H and O–H groups in total. The smallest absolute Gasteiger partial charge is 0.345 e. The van der Waals surface area contributed by atoms with Gasteiger partial charge in [0.05, 0.1) is 12.1 Å². The first-order valence-corrected chi connectivity index (χ1v) is 11.3. The Balaban J connectivity index is 2.23. The van der Waals surface area contributed by atoms with Gasteiger partial charge in [-0.05, 0) is 18.6 Å². The highest BCUT2D eigenvalue weighted by atomic mass is 35.5. The van der Waals surface area contributed by atoms with Crippen LogP contribution in [0.5, 0.6) is 5.75 Å². The minimum Gasteiger partial charge on any atom is -0.462 e. The van der Waals surface area contributed by atoms with Crippen molar-refractivity contribution in [3.63, 3.8) is 0 Å². The van der Waals surface area contributed by atoms with Crippen LogP contribution in [0.25, 0.3) is 10.9 Å². The van der Waals surface area contributed by atoms with Crippen molar-refractivity contribution in [3.8, 4) is 5.75 Å². The van der Waals surface area contributed by atoms with Crippen molar-refractivity contribution < 1.29 is 37.0 Å². The van der Waals surface area contributed by atoms with Crippen LogP contribution in [0.3, 0.4) is 0 Å². The zero-order valence-electron chi connectivity index (χ0n) is 18.0. The average Bonchev–Trinajstić information content (AvgIpc) is 2.81. The molecule has 3 rings (SSSR count). The van der Waals surface area contributed by atoms with Crippen LogP contribution in [0.15, 0.2) is 47.5 Å². The summed E-state index contributed by atoms with van der Waals surface area (Å²) >= 11 is 6.55. The predicted octanol–water partition coefficient (Wildman–Crippen LogP) is 5.61. The number of nitrogens with zero attached hydrogens (tertiary/aromatic N) is 1. The van der Waals surface area contributed by atoms with Gasteiger partial charge in [0, 0.05) is 18.6 Å². The summed E-state index contributed by atoms with van der Waals surface area (Å²) in [7, 11) is 1.28. The van der Waals surface area contributed by atoms with Gasteiger partial charge in [0.2, 0.25) is 0 Å². The van der Waals surface area contributed by atoms with E-state index in [1.165, 1.54) is 7.11 Å². The third-order valence-electron chi connectivity index (χ3n) is 4.54. The van der Waals surface area contributed by atoms with Crippen LogP contribution in [0, 0.1) is 11.6 Å². The number of aromatic nitrogens is 1. The number of methoxy groups -OCH3 is 1. The number of halogens is 4. The zero-order valence-corrected chi connectivity index (χ0v) is 19.6. The van der Waals surface area contributed by atoms with E-state index in [4.69, 9.17) is 25.8 Å². The Morgan fingerprint density at radius 1 is 1.15 bits per heavy atom. The number of carbonyl (C=O) groups is 2. The summed E-state index contributed by atoms with van der Waals surface area (Å²) < 4.78 is 55.9. The van der Waals surface area contributed by atoms with Gasteiger partial charge in [0.25, 0.3) is 0 Å². The molecule has 6 nitrogen and oxygen atoms in total. The lowest BCUT2D eigenvalue weighted by Crippen LogP contribution is -2.22. The van der Waals surface area contributed by atoms with Crippen molar-refractivity contribution >= 4 is 46.2 Å². The summed E-state index contributed by atoms with van der Waals surface area (Å²) in [6, 6.07) is 9.88. The molecule has 1 heterocycles. The van der Waals surface area contributed by atoms with E-state index >= 15 is 0 Å². The van der Waals surface area contributed by atoms with Crippen molar-refractivity contribution in [1.29, 1.82) is 0 Å². The lowest BCUT2D eigenvalue weighted by Gasteiger charge is -2.19. The third-order valence-corrected chi connectivity index (χ3v) is 5.83. The van der Waals surface area contributed by atoms with E-state index in [2.05, 4.69) is 4.98 Å². The fourth-order valence-electron chi connectivity index (χ4n) is 3.09. The highest BCUT2D eigenvalue weighted by molar-refractivity contribution is 8.01. The van der Waals surface area contributed by atoms with E-state index < -0.39 is 46.8 Å². The molecule has 0 spiro atoms. The molecule has 0 fully saturated rings. The fraction of sp³-hybridized carbons (Fsp3) is 0.261. The summed E-state index contributed by atoms with van der Waals surface area (Å²) in [5, 5.41) is -0.347. The number of thioether (sulfide) groups is 1. The summed E-state index contributed by atoms with van der Waals surface area (Å²) in [6.07, 6.45) is -1.20. The maximum absolute atomic E-state index is 14.1. The van der Waals surface area contributed by atoms with Crippen LogP contribution in [-0.4, -0.2) is 42.0 Å². The average molecular weight is 514 g/mol. The summed E-state index contributed by atoms with van der Waals surface area (Å²) in [6.45, 7) is 0.507. The molecule has 34 heavy (non-hydrogen) atoms. The van der Waals surface area contributed by atoms with Crippen molar-refractivity contribution in [3.05, 3.63) is 65.2 Å². The van der Waals surface area contributed by atoms with Gasteiger partial charge in [0.15, 0.2) is 23.5 Å². The Morgan fingerprint density at radius 2 is 1.82 bits per heavy atom. The standard InChI is InChI=1S/C23H19ClF3NO5S/c1-3-32-22(29)18-20(33-23(30)19(31-2)12-7-5-4-6-8-12)13-9-14(26)15(27)10-16(13)28-21(18)34-17(24)11-25/h4-10,17,19H,3,11H2,1-2H3/t17?,19-/m1/s1. The maximum Gasteiger partial charge on any atom is 0.345 e. The quantitative estimate of drug-likeness (QED) is 0.209. The molecule has 0 amide bonds. The Morgan fingerprint density at radius 3 is 2.44 bits per heavy atom. The first kappa shape index (κ1) is 25.8. The van der Waals surface area contributed by atoms with Crippen molar-refractivity contribution in [1.82, 2.24) is 4.98 Å². The zero-order chi connectivity index (χ0) is 24.8. The highest BCUT2D eigenvalue weighted by Gasteiger charge is 2.31. The normalized spacial score (nSPS) is 12.9. The van der Waals surface area contributed by atoms with E-state index in [-0.39, 0.29) is 28.1 Å². The highest BCUT2D eigenvalue weighted by Crippen LogP contribution is 2.39. The van der Waals surface area contributed by atoms with Crippen molar-refractivity contribution in [2.75, 3.05) is 20.4 Å². The second kappa shape index (κ2) is 11.5. The molecule has 3 aromatic rings. The molecule has 0 aliphatic carbocycles. The molecule has 0 radical (unpaired) electrons. The van der Waals surface area contributed by atoms with Crippen LogP contribution in [0.4, 0.5) is 13.2 Å². The van der Waals surface area contributed by atoms with E-state index in [0.717, 1.165) is 12.1 Å². The van der Waals surface area contributed by atoms with Crippen LogP contribution >= 0.6 is 23.4 Å². The second-order valence-corrected chi connectivity index (χ2v) is 8.73. The molecule has 0 aliphatic heterocycles. The number of esters is 2. The molecule has 0 aliphatic rings. The molecule has 2 atom stereocenters. The Hall–Kier alpha value is -2.82. The number of hydrogen-bond acceptors (Lipinski definition) is 7. The van der Waals surface area contributed by atoms with Gasteiger partial charge in [-0.15, -0.1) is 11.6 Å². The van der Waals surface area contributed by atoms with Crippen LogP contribution < -0.4 is 4.74 Å². The van der Waals surface area contributed by atoms with Gasteiger partial charge in [-0.25, -0.2) is 27.7 Å². The number of alkyl halides is 2. The largest absolute Gasteiger partial charge is 0.462 e. The van der Waals surface area contributed by atoms with Gasteiger partial charge >= 0.3 is 11.9 Å². The molecule has 0 saturated heterocycles. The second-order valence-electron chi connectivity index (χ2n) is 6.75. The van der Waals surface area contributed by atoms with Gasteiger partial charge < -0.3 is 14.2 Å². The number of ether oxygens (including phenoxy) is 3. The first-order valence-electron chi connectivity index (χ1n) is 9.96. The Bertz CT molecular complexity index is 1200. The predicted molar refractivity (Wildman–Crippen MR) is 121 cm³/mol. The summed E-state index contributed by atoms with van der Waals surface area (Å²) in [5.41, 5.74) is -0.0644. The number of rotatable bonds is 9. The van der Waals surface area contributed by atoms with E-state index in [0.29, 0.717) is 17.3 Å². The Kier molecular flexibility index (Phi) is 8.76. The molecule has 2 aromatic carbocycles. The molecule has 180 valence electrons. The topological polar surface area (TPSA) is 74.7 Å². The first-order chi connectivity index (χ1) is 16.3. The number of pyridine rings is 1. The number of carbonyl (C=O) groups excluding carboxylic acids is 2. The maximum atomic E-state index is 14.1. The SMILES string of the molecule is CCOC(=O)c1c(SC(Cl)CF)nc2cc(F)c(F)cc2c1OC(=O)[C@H](OC)c1ccccc1. The number of benzene rings is 2. The molecule has 0 bridgehead atoms. The number of fused-ring (bicyclic) bond motifs is 1. The van der Waals surface area contributed by atoms with Gasteiger partial charge in [-0.3, -0.25) is 0 Å². The van der Waals surface area contributed by atoms with E-state index in [1.54, 1.807) is 37.3 Å². The fourth-order valence-corrected chi connectivity index (χ4v) is 4.09. The van der Waals surface area contributed by atoms with Gasteiger partial charge in [0.1, 0.15) is 22.0 Å². The molecule has 11 heteroatoms. The minimum atomic E-state index is -1.26. The van der Waals surface area contributed by atoms with Crippen LogP contribution in [0.2, 0.25) is 0 Å². The minimum absolute atomic E-state index is 0.0513. The molecular formula is C23H19ClF3NO5S. The lowest BCUT2D eigenvalue weighted by molar-refractivity contribution is -0.145. The third kappa shape index (κ3) is 5.63. The van der Waals surface area contributed by atoms with Crippen LogP contribution in [-0.2, 0) is 14.3 Å². The molecule has 1 unspecified atom stereocenters. The van der Waals surface area contributed by atoms with Gasteiger partial charge in [-0.2, -0.15) is 0 Å². The summed E-state index contributed by atoms with van der Waals surface area (Å²) in [5.74, 6) is -4.82. The van der Waals surface area contributed by atoms with Crippen molar-refractivity contribution in [2.24, 2.45) is 0 Å². The van der Waals surface area contributed by atoms with E-state index in [9.17, 15) is 22.8 Å². The van der Waals surface area contributed by atoms with E-state index in [1.807, 2.05) is 0 Å². The Labute approximate surface area is 202 Å².